The lowest BCUT2D eigenvalue weighted by molar-refractivity contribution is -0.123. The van der Waals surface area contributed by atoms with Gasteiger partial charge in [-0.25, -0.2) is 14.4 Å². The fourth-order valence-corrected chi connectivity index (χ4v) is 1.69. The highest BCUT2D eigenvalue weighted by Gasteiger charge is 2.12. The predicted molar refractivity (Wildman–Crippen MR) is 89.8 cm³/mol. The minimum Gasteiger partial charge on any atom is -0.452 e. The molecule has 0 aromatic heterocycles. The Labute approximate surface area is 145 Å². The Balaban J connectivity index is 2.44. The molecule has 0 atom stereocenters. The van der Waals surface area contributed by atoms with Crippen LogP contribution in [0, 0.1) is 0 Å². The zero-order valence-electron chi connectivity index (χ0n) is 14.3. The molecule has 5 amide bonds. The van der Waals surface area contributed by atoms with E-state index in [1.54, 1.807) is 12.1 Å². The molecule has 0 aliphatic heterocycles. The Morgan fingerprint density at radius 2 is 1.68 bits per heavy atom. The number of hydrogen-bond donors (Lipinski definition) is 4. The normalized spacial score (nSPS) is 9.92. The second-order valence-corrected chi connectivity index (χ2v) is 5.38. The zero-order chi connectivity index (χ0) is 18.8. The minimum absolute atomic E-state index is 0.0396. The molecule has 0 bridgehead atoms. The van der Waals surface area contributed by atoms with Crippen molar-refractivity contribution in [2.45, 2.75) is 26.4 Å². The lowest BCUT2D eigenvalue weighted by Crippen LogP contribution is -2.39. The fraction of sp³-hybridized carbons (Fsp3) is 0.375. The summed E-state index contributed by atoms with van der Waals surface area (Å²) < 4.78 is 4.81. The molecule has 0 radical (unpaired) electrons. The number of nitrogens with one attached hydrogen (secondary N) is 4. The third-order valence-corrected chi connectivity index (χ3v) is 2.88. The summed E-state index contributed by atoms with van der Waals surface area (Å²) in [7, 11) is 1.36. The van der Waals surface area contributed by atoms with Crippen LogP contribution >= 0.6 is 0 Å². The Bertz CT molecular complexity index is 628. The van der Waals surface area contributed by atoms with Gasteiger partial charge in [-0.3, -0.25) is 10.1 Å². The van der Waals surface area contributed by atoms with E-state index >= 15 is 0 Å². The van der Waals surface area contributed by atoms with Gasteiger partial charge in [0.2, 0.25) is 0 Å². The van der Waals surface area contributed by atoms with Gasteiger partial charge >= 0.3 is 18.0 Å². The van der Waals surface area contributed by atoms with Crippen molar-refractivity contribution in [2.24, 2.45) is 0 Å². The molecule has 0 saturated heterocycles. The van der Waals surface area contributed by atoms with Crippen LogP contribution in [0.2, 0.25) is 0 Å². The molecule has 1 aromatic carbocycles. The summed E-state index contributed by atoms with van der Waals surface area (Å²) in [4.78, 5) is 45.6. The SMILES string of the molecule is CNC(=O)NC(=O)COC(=O)c1ccc(CNC(=O)NC(C)C)cc1. The maximum absolute atomic E-state index is 11.8. The van der Waals surface area contributed by atoms with E-state index in [0.717, 1.165) is 5.56 Å². The van der Waals surface area contributed by atoms with Crippen molar-refractivity contribution in [1.82, 2.24) is 21.3 Å². The number of esters is 1. The molecule has 0 unspecified atom stereocenters. The van der Waals surface area contributed by atoms with Crippen molar-refractivity contribution in [3.8, 4) is 0 Å². The van der Waals surface area contributed by atoms with E-state index in [0.29, 0.717) is 6.54 Å². The van der Waals surface area contributed by atoms with Gasteiger partial charge in [0, 0.05) is 19.6 Å². The minimum atomic E-state index is -0.732. The number of carbonyl (C=O) groups excluding carboxylic acids is 4. The fourth-order valence-electron chi connectivity index (χ4n) is 1.69. The molecule has 136 valence electrons. The first-order valence-corrected chi connectivity index (χ1v) is 7.63. The quantitative estimate of drug-likeness (QED) is 0.556. The van der Waals surface area contributed by atoms with Gasteiger partial charge in [0.15, 0.2) is 6.61 Å². The average molecular weight is 350 g/mol. The molecule has 0 aliphatic rings. The second kappa shape index (κ2) is 9.91. The first kappa shape index (κ1) is 19.9. The van der Waals surface area contributed by atoms with Crippen LogP contribution in [-0.4, -0.2) is 43.6 Å². The Morgan fingerprint density at radius 1 is 1.04 bits per heavy atom. The van der Waals surface area contributed by atoms with E-state index in [1.165, 1.54) is 19.2 Å². The molecule has 25 heavy (non-hydrogen) atoms. The first-order valence-electron chi connectivity index (χ1n) is 7.63. The van der Waals surface area contributed by atoms with Crippen LogP contribution in [0.15, 0.2) is 24.3 Å². The molecule has 0 aliphatic carbocycles. The van der Waals surface area contributed by atoms with Crippen molar-refractivity contribution < 1.29 is 23.9 Å². The third-order valence-electron chi connectivity index (χ3n) is 2.88. The second-order valence-electron chi connectivity index (χ2n) is 5.38. The van der Waals surface area contributed by atoms with Gasteiger partial charge in [-0.2, -0.15) is 0 Å². The van der Waals surface area contributed by atoms with E-state index < -0.39 is 24.5 Å². The monoisotopic (exact) mass is 350 g/mol. The van der Waals surface area contributed by atoms with Gasteiger partial charge in [-0.05, 0) is 31.5 Å². The van der Waals surface area contributed by atoms with Crippen LogP contribution in [0.3, 0.4) is 0 Å². The zero-order valence-corrected chi connectivity index (χ0v) is 14.3. The molecule has 1 rings (SSSR count). The van der Waals surface area contributed by atoms with Crippen LogP contribution in [0.4, 0.5) is 9.59 Å². The van der Waals surface area contributed by atoms with Crippen molar-refractivity contribution >= 4 is 23.9 Å². The number of hydrogen-bond acceptors (Lipinski definition) is 5. The number of rotatable bonds is 6. The number of imide groups is 1. The molecule has 1 aromatic rings. The lowest BCUT2D eigenvalue weighted by Gasteiger charge is -2.10. The van der Waals surface area contributed by atoms with E-state index in [1.807, 2.05) is 19.2 Å². The van der Waals surface area contributed by atoms with E-state index in [-0.39, 0.29) is 17.6 Å². The summed E-state index contributed by atoms with van der Waals surface area (Å²) in [6, 6.07) is 5.46. The van der Waals surface area contributed by atoms with Gasteiger partial charge < -0.3 is 20.7 Å². The molecule has 0 saturated carbocycles. The highest BCUT2D eigenvalue weighted by molar-refractivity contribution is 5.96. The van der Waals surface area contributed by atoms with Crippen molar-refractivity contribution in [3.63, 3.8) is 0 Å². The lowest BCUT2D eigenvalue weighted by atomic mass is 10.1. The molecule has 9 nitrogen and oxygen atoms in total. The summed E-state index contributed by atoms with van der Waals surface area (Å²) in [5, 5.41) is 9.56. The summed E-state index contributed by atoms with van der Waals surface area (Å²) in [5.41, 5.74) is 1.05. The highest BCUT2D eigenvalue weighted by atomic mass is 16.5. The number of ether oxygens (including phenoxy) is 1. The number of amides is 5. The molecule has 0 heterocycles. The van der Waals surface area contributed by atoms with Gasteiger partial charge in [-0.15, -0.1) is 0 Å². The topological polar surface area (TPSA) is 126 Å². The van der Waals surface area contributed by atoms with Crippen molar-refractivity contribution in [3.05, 3.63) is 35.4 Å². The van der Waals surface area contributed by atoms with E-state index in [4.69, 9.17) is 4.74 Å². The Kier molecular flexibility index (Phi) is 7.91. The third kappa shape index (κ3) is 7.82. The molecule has 9 heteroatoms. The number of urea groups is 2. The van der Waals surface area contributed by atoms with Crippen molar-refractivity contribution in [1.29, 1.82) is 0 Å². The summed E-state index contributed by atoms with van der Waals surface area (Å²) >= 11 is 0. The van der Waals surface area contributed by atoms with Crippen LogP contribution < -0.4 is 21.3 Å². The maximum atomic E-state index is 11.8. The largest absolute Gasteiger partial charge is 0.452 e. The standard InChI is InChI=1S/C16H22N4O5/c1-10(2)19-16(24)18-8-11-4-6-12(7-5-11)14(22)25-9-13(21)20-15(23)17-3/h4-7,10H,8-9H2,1-3H3,(H2,18,19,24)(H2,17,20,21,23). The summed E-state index contributed by atoms with van der Waals surface area (Å²) in [6.07, 6.45) is 0. The first-order chi connectivity index (χ1) is 11.8. The smallest absolute Gasteiger partial charge is 0.338 e. The van der Waals surface area contributed by atoms with E-state index in [9.17, 15) is 19.2 Å². The summed E-state index contributed by atoms with van der Waals surface area (Å²) in [6.45, 7) is 3.46. The van der Waals surface area contributed by atoms with Gasteiger partial charge in [-0.1, -0.05) is 12.1 Å². The van der Waals surface area contributed by atoms with Crippen molar-refractivity contribution in [2.75, 3.05) is 13.7 Å². The van der Waals surface area contributed by atoms with Gasteiger partial charge in [0.05, 0.1) is 5.56 Å². The van der Waals surface area contributed by atoms with E-state index in [2.05, 4.69) is 16.0 Å². The molecular weight excluding hydrogens is 328 g/mol. The van der Waals surface area contributed by atoms with Gasteiger partial charge in [0.1, 0.15) is 0 Å². The van der Waals surface area contributed by atoms with Crippen LogP contribution in [-0.2, 0) is 16.1 Å². The molecule has 4 N–H and O–H groups in total. The Hall–Kier alpha value is -3.10. The van der Waals surface area contributed by atoms with Crippen LogP contribution in [0.1, 0.15) is 29.8 Å². The maximum Gasteiger partial charge on any atom is 0.338 e. The number of benzene rings is 1. The predicted octanol–water partition coefficient (Wildman–Crippen LogP) is 0.507. The number of carbonyl (C=O) groups is 4. The Morgan fingerprint density at radius 3 is 2.24 bits per heavy atom. The summed E-state index contributed by atoms with van der Waals surface area (Å²) in [5.74, 6) is -1.42. The van der Waals surface area contributed by atoms with Gasteiger partial charge in [0.25, 0.3) is 5.91 Å². The average Bonchev–Trinajstić information content (AvgIpc) is 2.57. The highest BCUT2D eigenvalue weighted by Crippen LogP contribution is 2.06. The molecule has 0 spiro atoms. The molecule has 0 fully saturated rings. The van der Waals surface area contributed by atoms with Crippen LogP contribution in [0.25, 0.3) is 0 Å². The van der Waals surface area contributed by atoms with Crippen LogP contribution in [0.5, 0.6) is 0 Å². The molecular formula is C16H22N4O5.